The lowest BCUT2D eigenvalue weighted by Crippen LogP contribution is -2.45. The van der Waals surface area contributed by atoms with Gasteiger partial charge in [-0.3, -0.25) is 0 Å². The lowest BCUT2D eigenvalue weighted by Gasteiger charge is -2.38. The number of aromatic nitrogens is 2. The first-order valence-electron chi connectivity index (χ1n) is 12.8. The van der Waals surface area contributed by atoms with Gasteiger partial charge in [0.1, 0.15) is 23.1 Å². The molecule has 0 atom stereocenters. The summed E-state index contributed by atoms with van der Waals surface area (Å²) >= 11 is 0. The van der Waals surface area contributed by atoms with Crippen LogP contribution in [0.5, 0.6) is 11.5 Å². The Balaban J connectivity index is 1.70. The van der Waals surface area contributed by atoms with E-state index in [9.17, 15) is 0 Å². The zero-order chi connectivity index (χ0) is 27.6. The van der Waals surface area contributed by atoms with E-state index < -0.39 is 16.5 Å². The van der Waals surface area contributed by atoms with Gasteiger partial charge in [0.2, 0.25) is 0 Å². The molecule has 9 heteroatoms. The Labute approximate surface area is 222 Å². The molecule has 4 aromatic rings. The van der Waals surface area contributed by atoms with Gasteiger partial charge in [-0.2, -0.15) is 0 Å². The molecule has 0 aliphatic heterocycles. The molecule has 0 saturated carbocycles. The van der Waals surface area contributed by atoms with Crippen LogP contribution in [-0.2, 0) is 0 Å². The number of para-hydroxylation sites is 2. The SMILES string of the molecule is CC(C)(C)[Si](C)(C)n1cc(OBOc2cn([Si](C)(C)C(C)(C)C)c3c(F)cccc23)c2cccc(F)c21. The topological polar surface area (TPSA) is 28.3 Å². The molecule has 0 spiro atoms. The summed E-state index contributed by atoms with van der Waals surface area (Å²) in [6.45, 7) is 22.2. The van der Waals surface area contributed by atoms with Crippen LogP contribution in [0.15, 0.2) is 48.8 Å². The number of halogens is 2. The summed E-state index contributed by atoms with van der Waals surface area (Å²) < 4.78 is 46.6. The minimum Gasteiger partial charge on any atom is -0.527 e. The van der Waals surface area contributed by atoms with E-state index in [1.165, 1.54) is 12.1 Å². The van der Waals surface area contributed by atoms with Crippen molar-refractivity contribution in [1.29, 1.82) is 0 Å². The molecular weight excluding hydrogens is 501 g/mol. The highest BCUT2D eigenvalue weighted by Gasteiger charge is 2.40. The normalized spacial score (nSPS) is 13.4. The lowest BCUT2D eigenvalue weighted by molar-refractivity contribution is 0.464. The number of hydrogen-bond donors (Lipinski definition) is 0. The fourth-order valence-electron chi connectivity index (χ4n) is 4.41. The van der Waals surface area contributed by atoms with Crippen molar-refractivity contribution in [2.45, 2.75) is 77.8 Å². The molecule has 4 rings (SSSR count). The van der Waals surface area contributed by atoms with Gasteiger partial charge in [-0.25, -0.2) is 8.78 Å². The summed E-state index contributed by atoms with van der Waals surface area (Å²) in [5.74, 6) is 0.647. The van der Waals surface area contributed by atoms with E-state index in [0.717, 1.165) is 10.8 Å². The number of benzene rings is 2. The first-order valence-corrected chi connectivity index (χ1v) is 18.7. The molecular formula is C28H39BF2N2O2Si2. The van der Waals surface area contributed by atoms with E-state index in [1.807, 2.05) is 24.5 Å². The Morgan fingerprint density at radius 2 is 1.00 bits per heavy atom. The number of rotatable bonds is 6. The smallest absolute Gasteiger partial charge is 0.527 e. The summed E-state index contributed by atoms with van der Waals surface area (Å²) in [7, 11) is -4.31. The summed E-state index contributed by atoms with van der Waals surface area (Å²) in [5, 5.41) is 1.46. The molecule has 0 aliphatic carbocycles. The Morgan fingerprint density at radius 1 is 0.649 bits per heavy atom. The van der Waals surface area contributed by atoms with Crippen LogP contribution in [0, 0.1) is 11.6 Å². The quantitative estimate of drug-likeness (QED) is 0.230. The van der Waals surface area contributed by atoms with Gasteiger partial charge in [-0.15, -0.1) is 0 Å². The minimum absolute atomic E-state index is 0.00461. The predicted molar refractivity (Wildman–Crippen MR) is 157 cm³/mol. The molecule has 0 unspecified atom stereocenters. The van der Waals surface area contributed by atoms with Crippen LogP contribution >= 0.6 is 0 Å². The first kappa shape index (κ1) is 27.5. The second-order valence-electron chi connectivity index (χ2n) is 13.0. The van der Waals surface area contributed by atoms with Crippen LogP contribution in [0.1, 0.15) is 41.5 Å². The van der Waals surface area contributed by atoms with Gasteiger partial charge in [-0.1, -0.05) is 79.9 Å². The van der Waals surface area contributed by atoms with E-state index in [4.69, 9.17) is 9.31 Å². The fraction of sp³-hybridized carbons (Fsp3) is 0.429. The molecule has 37 heavy (non-hydrogen) atoms. The monoisotopic (exact) mass is 540 g/mol. The average Bonchev–Trinajstić information content (AvgIpc) is 3.34. The Kier molecular flexibility index (Phi) is 6.73. The summed E-state index contributed by atoms with van der Waals surface area (Å²) in [4.78, 5) is 0. The van der Waals surface area contributed by atoms with Crippen LogP contribution < -0.4 is 9.31 Å². The van der Waals surface area contributed by atoms with E-state index in [-0.39, 0.29) is 29.4 Å². The molecule has 0 N–H and O–H groups in total. The Hall–Kier alpha value is -2.52. The molecule has 2 aromatic carbocycles. The molecule has 0 bridgehead atoms. The van der Waals surface area contributed by atoms with Crippen molar-refractivity contribution in [3.05, 3.63) is 60.4 Å². The molecule has 2 aromatic heterocycles. The largest absolute Gasteiger partial charge is 0.576 e. The summed E-state index contributed by atoms with van der Waals surface area (Å²) in [6.07, 6.45) is 3.85. The maximum Gasteiger partial charge on any atom is 0.576 e. The van der Waals surface area contributed by atoms with Gasteiger partial charge in [0.25, 0.3) is 0 Å². The van der Waals surface area contributed by atoms with Crippen molar-refractivity contribution in [2.24, 2.45) is 0 Å². The maximum atomic E-state index is 15.1. The van der Waals surface area contributed by atoms with Gasteiger partial charge in [0.15, 0.2) is 16.5 Å². The van der Waals surface area contributed by atoms with Crippen molar-refractivity contribution < 1.29 is 18.1 Å². The molecule has 0 fully saturated rings. The molecule has 2 heterocycles. The third-order valence-electron chi connectivity index (χ3n) is 8.78. The van der Waals surface area contributed by atoms with Crippen molar-refractivity contribution in [2.75, 3.05) is 0 Å². The van der Waals surface area contributed by atoms with Crippen LogP contribution in [0.25, 0.3) is 21.8 Å². The van der Waals surface area contributed by atoms with Crippen LogP contribution in [0.3, 0.4) is 0 Å². The highest BCUT2D eigenvalue weighted by atomic mass is 28.3. The highest BCUT2D eigenvalue weighted by molar-refractivity contribution is 6.80. The van der Waals surface area contributed by atoms with Crippen LogP contribution in [-0.4, -0.2) is 32.6 Å². The van der Waals surface area contributed by atoms with E-state index in [1.54, 1.807) is 12.1 Å². The van der Waals surface area contributed by atoms with Crippen molar-refractivity contribution >= 4 is 46.0 Å². The van der Waals surface area contributed by atoms with Crippen molar-refractivity contribution in [3.63, 3.8) is 0 Å². The molecule has 0 radical (unpaired) electrons. The van der Waals surface area contributed by atoms with Crippen LogP contribution in [0.4, 0.5) is 8.78 Å². The third kappa shape index (κ3) is 4.54. The van der Waals surface area contributed by atoms with Gasteiger partial charge in [0, 0.05) is 23.2 Å². The standard InChI is InChI=1S/C28H39BF2N2O2Si2/c1-27(2,3)36(7,8)32-17-23(19-13-11-15-21(30)25(19)32)34-29-35-24-18-33(37(9,10)28(4,5)6)26-20(24)14-12-16-22(26)31/h11-18,29H,1-10H3. The molecule has 0 amide bonds. The second kappa shape index (κ2) is 9.05. The minimum atomic E-state index is -2.12. The Morgan fingerprint density at radius 3 is 1.32 bits per heavy atom. The number of hydrogen-bond acceptors (Lipinski definition) is 2. The van der Waals surface area contributed by atoms with Gasteiger partial charge >= 0.3 is 7.69 Å². The zero-order valence-corrected chi connectivity index (χ0v) is 25.8. The third-order valence-corrected chi connectivity index (χ3v) is 19.2. The Bertz CT molecular complexity index is 1350. The summed E-state index contributed by atoms with van der Waals surface area (Å²) in [6, 6.07) is 10.2. The average molecular weight is 541 g/mol. The molecule has 198 valence electrons. The second-order valence-corrected chi connectivity index (χ2v) is 23.2. The zero-order valence-electron chi connectivity index (χ0n) is 23.8. The van der Waals surface area contributed by atoms with E-state index in [0.29, 0.717) is 22.5 Å². The first-order chi connectivity index (χ1) is 17.0. The van der Waals surface area contributed by atoms with Crippen molar-refractivity contribution in [1.82, 2.24) is 8.47 Å². The van der Waals surface area contributed by atoms with Gasteiger partial charge in [-0.05, 0) is 34.3 Å². The number of fused-ring (bicyclic) bond motifs is 2. The summed E-state index contributed by atoms with van der Waals surface area (Å²) in [5.41, 5.74) is 1.14. The van der Waals surface area contributed by atoms with E-state index in [2.05, 4.69) is 76.2 Å². The highest BCUT2D eigenvalue weighted by Crippen LogP contribution is 2.43. The molecule has 0 saturated heterocycles. The van der Waals surface area contributed by atoms with Crippen LogP contribution in [0.2, 0.25) is 36.3 Å². The van der Waals surface area contributed by atoms with Gasteiger partial charge < -0.3 is 17.8 Å². The maximum absolute atomic E-state index is 15.1. The number of nitrogens with zero attached hydrogens (tertiary/aromatic N) is 2. The molecule has 0 aliphatic rings. The fourth-order valence-corrected chi connectivity index (χ4v) is 8.31. The predicted octanol–water partition coefficient (Wildman–Crippen LogP) is 8.31. The molecule has 4 nitrogen and oxygen atoms in total. The van der Waals surface area contributed by atoms with Gasteiger partial charge in [0.05, 0.1) is 11.0 Å². The lowest BCUT2D eigenvalue weighted by atomic mass is 10.2. The van der Waals surface area contributed by atoms with Crippen molar-refractivity contribution in [3.8, 4) is 11.5 Å². The van der Waals surface area contributed by atoms with E-state index >= 15 is 8.78 Å².